The lowest BCUT2D eigenvalue weighted by Gasteiger charge is -2.36. The van der Waals surface area contributed by atoms with Crippen molar-refractivity contribution in [1.82, 2.24) is 10.2 Å². The van der Waals surface area contributed by atoms with Gasteiger partial charge in [-0.15, -0.1) is 0 Å². The number of aromatic nitrogens is 2. The Labute approximate surface area is 196 Å². The van der Waals surface area contributed by atoms with E-state index in [0.29, 0.717) is 22.8 Å². The van der Waals surface area contributed by atoms with Crippen molar-refractivity contribution in [3.63, 3.8) is 0 Å². The smallest absolute Gasteiger partial charge is 0.268 e. The van der Waals surface area contributed by atoms with E-state index in [1.807, 2.05) is 66.7 Å². The summed E-state index contributed by atoms with van der Waals surface area (Å²) < 4.78 is 23.7. The van der Waals surface area contributed by atoms with Gasteiger partial charge < -0.3 is 24.0 Å². The van der Waals surface area contributed by atoms with Crippen LogP contribution in [0.25, 0.3) is 0 Å². The van der Waals surface area contributed by atoms with Crippen LogP contribution in [0.1, 0.15) is 39.8 Å². The number of fused-ring (bicyclic) bond motifs is 5. The zero-order valence-corrected chi connectivity index (χ0v) is 19.0. The van der Waals surface area contributed by atoms with Crippen molar-refractivity contribution in [2.75, 3.05) is 21.3 Å². The minimum absolute atomic E-state index is 0.149. The second-order valence-corrected chi connectivity index (χ2v) is 8.55. The topological polar surface area (TPSA) is 85.6 Å². The monoisotopic (exact) mass is 456 g/mol. The molecule has 2 N–H and O–H groups in total. The standard InChI is InChI=1S/C27H24N2O5/c1-31-17-11-9-16(10-12-17)27-23(15-7-5-4-6-8-15)22-25(28-29-26(22)30)24(27)21-19(33-3)13-18(32-2)14-20(21)34-27/h4-14,23-24H,1-3H3,(H2,28,29,30)/t23-,24?,27+/m1/s1. The Kier molecular flexibility index (Phi) is 4.49. The number of hydrogen-bond donors (Lipinski definition) is 2. The first-order valence-electron chi connectivity index (χ1n) is 11.1. The van der Waals surface area contributed by atoms with Crippen LogP contribution < -0.4 is 24.5 Å². The third-order valence-electron chi connectivity index (χ3n) is 7.06. The molecule has 0 spiro atoms. The molecule has 34 heavy (non-hydrogen) atoms. The fraction of sp³-hybridized carbons (Fsp3) is 0.222. The number of rotatable bonds is 5. The lowest BCUT2D eigenvalue weighted by molar-refractivity contribution is 0.0695. The first-order valence-corrected chi connectivity index (χ1v) is 11.1. The lowest BCUT2D eigenvalue weighted by atomic mass is 9.73. The first-order chi connectivity index (χ1) is 16.6. The number of benzene rings is 3. The van der Waals surface area contributed by atoms with Crippen LogP contribution in [-0.2, 0) is 5.60 Å². The normalized spacial score (nSPS) is 21.9. The minimum Gasteiger partial charge on any atom is -0.497 e. The fourth-order valence-corrected chi connectivity index (χ4v) is 5.69. The molecule has 6 rings (SSSR count). The predicted molar refractivity (Wildman–Crippen MR) is 126 cm³/mol. The van der Waals surface area contributed by atoms with Crippen molar-refractivity contribution in [3.05, 3.63) is 105 Å². The Morgan fingerprint density at radius 3 is 2.21 bits per heavy atom. The zero-order chi connectivity index (χ0) is 23.4. The maximum atomic E-state index is 13.2. The van der Waals surface area contributed by atoms with Gasteiger partial charge in [0.15, 0.2) is 5.60 Å². The van der Waals surface area contributed by atoms with Gasteiger partial charge in [0, 0.05) is 17.7 Å². The highest BCUT2D eigenvalue weighted by molar-refractivity contribution is 5.66. The molecule has 4 aromatic rings. The van der Waals surface area contributed by atoms with E-state index in [1.54, 1.807) is 21.3 Å². The van der Waals surface area contributed by atoms with Gasteiger partial charge in [0.25, 0.3) is 5.56 Å². The van der Waals surface area contributed by atoms with E-state index in [2.05, 4.69) is 10.2 Å². The van der Waals surface area contributed by atoms with Crippen molar-refractivity contribution >= 4 is 0 Å². The van der Waals surface area contributed by atoms with Crippen molar-refractivity contribution < 1.29 is 18.9 Å². The molecule has 1 aromatic heterocycles. The molecule has 1 aliphatic carbocycles. The molecule has 7 nitrogen and oxygen atoms in total. The van der Waals surface area contributed by atoms with E-state index < -0.39 is 5.60 Å². The summed E-state index contributed by atoms with van der Waals surface area (Å²) in [6.45, 7) is 0. The van der Waals surface area contributed by atoms with Crippen LogP contribution in [0.5, 0.6) is 23.0 Å². The van der Waals surface area contributed by atoms with Crippen LogP contribution in [0.4, 0.5) is 0 Å². The Balaban J connectivity index is 1.70. The number of H-pyrrole nitrogens is 2. The summed E-state index contributed by atoms with van der Waals surface area (Å²) in [7, 11) is 4.89. The van der Waals surface area contributed by atoms with Crippen LogP contribution in [0.15, 0.2) is 71.5 Å². The largest absolute Gasteiger partial charge is 0.497 e. The van der Waals surface area contributed by atoms with E-state index in [9.17, 15) is 4.79 Å². The number of aromatic amines is 2. The predicted octanol–water partition coefficient (Wildman–Crippen LogP) is 4.29. The molecule has 3 atom stereocenters. The Morgan fingerprint density at radius 2 is 1.53 bits per heavy atom. The van der Waals surface area contributed by atoms with E-state index in [1.165, 1.54) is 0 Å². The van der Waals surface area contributed by atoms with Crippen LogP contribution in [0.2, 0.25) is 0 Å². The molecule has 3 aromatic carbocycles. The molecule has 0 bridgehead atoms. The maximum Gasteiger partial charge on any atom is 0.268 e. The highest BCUT2D eigenvalue weighted by Gasteiger charge is 2.64. The van der Waals surface area contributed by atoms with Crippen molar-refractivity contribution in [1.29, 1.82) is 0 Å². The molecule has 2 heterocycles. The Bertz CT molecular complexity index is 1420. The molecule has 1 aliphatic heterocycles. The second-order valence-electron chi connectivity index (χ2n) is 8.55. The molecule has 0 fully saturated rings. The zero-order valence-electron chi connectivity index (χ0n) is 19.0. The SMILES string of the molecule is COc1ccc([C@@]23Oc4cc(OC)cc(OC)c4C2c2[nH][nH]c(=O)c2[C@H]3c2ccccc2)cc1. The summed E-state index contributed by atoms with van der Waals surface area (Å²) in [4.78, 5) is 13.2. The molecule has 7 heteroatoms. The second kappa shape index (κ2) is 7.45. The van der Waals surface area contributed by atoms with Gasteiger partial charge in [0.2, 0.25) is 0 Å². The summed E-state index contributed by atoms with van der Waals surface area (Å²) in [6.07, 6.45) is 0. The molecule has 0 radical (unpaired) electrons. The van der Waals surface area contributed by atoms with Crippen LogP contribution in [0.3, 0.4) is 0 Å². The Morgan fingerprint density at radius 1 is 0.794 bits per heavy atom. The third kappa shape index (κ3) is 2.61. The highest BCUT2D eigenvalue weighted by Crippen LogP contribution is 2.67. The summed E-state index contributed by atoms with van der Waals surface area (Å²) in [5.74, 6) is 2.04. The van der Waals surface area contributed by atoms with E-state index in [-0.39, 0.29) is 17.4 Å². The molecule has 2 aliphatic rings. The average molecular weight is 456 g/mol. The van der Waals surface area contributed by atoms with Crippen molar-refractivity contribution in [2.45, 2.75) is 17.4 Å². The summed E-state index contributed by atoms with van der Waals surface area (Å²) >= 11 is 0. The molecular formula is C27H24N2O5. The van der Waals surface area contributed by atoms with Gasteiger partial charge in [-0.1, -0.05) is 42.5 Å². The van der Waals surface area contributed by atoms with Crippen LogP contribution in [0, 0.1) is 0 Å². The summed E-state index contributed by atoms with van der Waals surface area (Å²) in [5.41, 5.74) is 3.23. The fourth-order valence-electron chi connectivity index (χ4n) is 5.69. The molecule has 0 saturated heterocycles. The third-order valence-corrected chi connectivity index (χ3v) is 7.06. The van der Waals surface area contributed by atoms with Gasteiger partial charge >= 0.3 is 0 Å². The van der Waals surface area contributed by atoms with Gasteiger partial charge in [-0.3, -0.25) is 9.89 Å². The Hall–Kier alpha value is -4.13. The van der Waals surface area contributed by atoms with Crippen LogP contribution in [-0.4, -0.2) is 31.5 Å². The molecular weight excluding hydrogens is 432 g/mol. The molecule has 172 valence electrons. The minimum atomic E-state index is -0.912. The van der Waals surface area contributed by atoms with Gasteiger partial charge in [-0.2, -0.15) is 0 Å². The number of nitrogens with one attached hydrogen (secondary N) is 2. The number of hydrogen-bond acceptors (Lipinski definition) is 5. The van der Waals surface area contributed by atoms with E-state index in [0.717, 1.165) is 28.1 Å². The van der Waals surface area contributed by atoms with Gasteiger partial charge in [-0.05, 0) is 23.3 Å². The lowest BCUT2D eigenvalue weighted by Crippen LogP contribution is -2.39. The van der Waals surface area contributed by atoms with Crippen molar-refractivity contribution in [2.24, 2.45) is 0 Å². The number of methoxy groups -OCH3 is 3. The van der Waals surface area contributed by atoms with Gasteiger partial charge in [0.1, 0.15) is 23.0 Å². The van der Waals surface area contributed by atoms with Crippen molar-refractivity contribution in [3.8, 4) is 23.0 Å². The molecule has 1 unspecified atom stereocenters. The first kappa shape index (κ1) is 20.5. The quantitative estimate of drug-likeness (QED) is 0.468. The van der Waals surface area contributed by atoms with E-state index >= 15 is 0 Å². The average Bonchev–Trinajstić information content (AvgIpc) is 3.50. The number of ether oxygens (including phenoxy) is 4. The molecule has 0 amide bonds. The highest BCUT2D eigenvalue weighted by atomic mass is 16.5. The molecule has 0 saturated carbocycles. The van der Waals surface area contributed by atoms with Gasteiger partial charge in [-0.25, -0.2) is 0 Å². The summed E-state index contributed by atoms with van der Waals surface area (Å²) in [5, 5.41) is 5.97. The van der Waals surface area contributed by atoms with Crippen LogP contribution >= 0.6 is 0 Å². The maximum absolute atomic E-state index is 13.2. The van der Waals surface area contributed by atoms with E-state index in [4.69, 9.17) is 18.9 Å². The summed E-state index contributed by atoms with van der Waals surface area (Å²) in [6, 6.07) is 21.6. The van der Waals surface area contributed by atoms with Gasteiger partial charge in [0.05, 0.1) is 44.4 Å².